The molecule has 0 fully saturated rings. The molecule has 0 bridgehead atoms. The molecule has 1 rings (SSSR count). The summed E-state index contributed by atoms with van der Waals surface area (Å²) in [5, 5.41) is 11.4. The highest BCUT2D eigenvalue weighted by molar-refractivity contribution is 9.10. The number of methoxy groups -OCH3 is 1. The van der Waals surface area contributed by atoms with Crippen molar-refractivity contribution >= 4 is 33.3 Å². The Labute approximate surface area is 128 Å². The van der Waals surface area contributed by atoms with Crippen molar-refractivity contribution in [3.8, 4) is 0 Å². The lowest BCUT2D eigenvalue weighted by Crippen LogP contribution is -2.36. The minimum absolute atomic E-state index is 0.703. The quantitative estimate of drug-likeness (QED) is 0.554. The summed E-state index contributed by atoms with van der Waals surface area (Å²) in [5.74, 6) is 0. The minimum Gasteiger partial charge on any atom is -0.385 e. The van der Waals surface area contributed by atoms with Gasteiger partial charge in [-0.3, -0.25) is 4.68 Å². The highest BCUT2D eigenvalue weighted by Gasteiger charge is 2.01. The Bertz CT molecular complexity index is 378. The Kier molecular flexibility index (Phi) is 8.00. The molecule has 0 atom stereocenters. The minimum atomic E-state index is 0.703. The number of nitrogens with one attached hydrogen (secondary N) is 2. The molecular formula is C12H21BrN4OS. The molecule has 0 spiro atoms. The molecule has 0 aliphatic rings. The van der Waals surface area contributed by atoms with Gasteiger partial charge in [0.05, 0.1) is 10.2 Å². The molecule has 7 heteroatoms. The first kappa shape index (κ1) is 16.4. The van der Waals surface area contributed by atoms with Crippen LogP contribution in [-0.4, -0.2) is 41.7 Å². The first-order chi connectivity index (χ1) is 9.13. The van der Waals surface area contributed by atoms with Crippen molar-refractivity contribution in [2.75, 3.05) is 26.8 Å². The highest BCUT2D eigenvalue weighted by Crippen LogP contribution is 2.12. The second-order valence-corrected chi connectivity index (χ2v) is 5.47. The highest BCUT2D eigenvalue weighted by atomic mass is 79.9. The van der Waals surface area contributed by atoms with Crippen molar-refractivity contribution < 1.29 is 4.74 Å². The van der Waals surface area contributed by atoms with Gasteiger partial charge in [0, 0.05) is 39.5 Å². The summed E-state index contributed by atoms with van der Waals surface area (Å²) in [4.78, 5) is 0. The van der Waals surface area contributed by atoms with Gasteiger partial charge in [0.1, 0.15) is 0 Å². The van der Waals surface area contributed by atoms with Crippen molar-refractivity contribution in [3.63, 3.8) is 0 Å². The van der Waals surface area contributed by atoms with Crippen LogP contribution in [0.25, 0.3) is 0 Å². The van der Waals surface area contributed by atoms with E-state index in [9.17, 15) is 0 Å². The number of rotatable bonds is 8. The fourth-order valence-electron chi connectivity index (χ4n) is 1.53. The lowest BCUT2D eigenvalue weighted by atomic mass is 10.4. The van der Waals surface area contributed by atoms with E-state index in [2.05, 4.69) is 31.7 Å². The molecule has 2 N–H and O–H groups in total. The van der Waals surface area contributed by atoms with E-state index < -0.39 is 0 Å². The number of halogens is 1. The van der Waals surface area contributed by atoms with Crippen LogP contribution >= 0.6 is 28.1 Å². The average Bonchev–Trinajstić information content (AvgIpc) is 2.70. The van der Waals surface area contributed by atoms with E-state index in [-0.39, 0.29) is 0 Å². The van der Waals surface area contributed by atoms with Gasteiger partial charge in [-0.05, 0) is 47.9 Å². The molecule has 0 unspecified atom stereocenters. The monoisotopic (exact) mass is 348 g/mol. The zero-order valence-electron chi connectivity index (χ0n) is 11.4. The Balaban J connectivity index is 2.05. The number of aryl methyl sites for hydroxylation is 2. The molecule has 5 nitrogen and oxygen atoms in total. The van der Waals surface area contributed by atoms with Crippen molar-refractivity contribution in [3.05, 3.63) is 16.4 Å². The average molecular weight is 349 g/mol. The summed E-state index contributed by atoms with van der Waals surface area (Å²) in [6, 6.07) is 0. The Morgan fingerprint density at radius 3 is 2.68 bits per heavy atom. The van der Waals surface area contributed by atoms with Gasteiger partial charge in [-0.15, -0.1) is 0 Å². The van der Waals surface area contributed by atoms with E-state index in [4.69, 9.17) is 17.0 Å². The normalized spacial score (nSPS) is 10.5. The first-order valence-corrected chi connectivity index (χ1v) is 7.54. The molecule has 108 valence electrons. The van der Waals surface area contributed by atoms with Crippen LogP contribution in [0.15, 0.2) is 10.7 Å². The van der Waals surface area contributed by atoms with Crippen LogP contribution in [0, 0.1) is 6.92 Å². The number of hydrogen-bond donors (Lipinski definition) is 2. The predicted octanol–water partition coefficient (Wildman–Crippen LogP) is 1.84. The Morgan fingerprint density at radius 2 is 2.11 bits per heavy atom. The second-order valence-electron chi connectivity index (χ2n) is 4.21. The number of ether oxygens (including phenoxy) is 1. The number of nitrogens with zero attached hydrogens (tertiary/aromatic N) is 2. The van der Waals surface area contributed by atoms with Crippen LogP contribution in [0.5, 0.6) is 0 Å². The molecular weight excluding hydrogens is 328 g/mol. The molecule has 1 heterocycles. The van der Waals surface area contributed by atoms with Gasteiger partial charge in [-0.25, -0.2) is 0 Å². The first-order valence-electron chi connectivity index (χ1n) is 6.33. The third kappa shape index (κ3) is 6.89. The maximum absolute atomic E-state index is 5.17. The summed E-state index contributed by atoms with van der Waals surface area (Å²) in [6.07, 6.45) is 3.93. The molecule has 0 saturated heterocycles. The van der Waals surface area contributed by atoms with Crippen LogP contribution in [0.2, 0.25) is 0 Å². The van der Waals surface area contributed by atoms with Crippen molar-refractivity contribution in [1.29, 1.82) is 0 Å². The molecule has 0 radical (unpaired) electrons. The van der Waals surface area contributed by atoms with E-state index in [1.54, 1.807) is 7.11 Å². The Morgan fingerprint density at radius 1 is 1.42 bits per heavy atom. The number of aromatic nitrogens is 2. The smallest absolute Gasteiger partial charge is 0.166 e. The Hall–Kier alpha value is -0.660. The van der Waals surface area contributed by atoms with Gasteiger partial charge >= 0.3 is 0 Å². The van der Waals surface area contributed by atoms with Gasteiger partial charge < -0.3 is 15.4 Å². The fourth-order valence-corrected chi connectivity index (χ4v) is 2.05. The molecule has 0 amide bonds. The summed E-state index contributed by atoms with van der Waals surface area (Å²) < 4.78 is 7.96. The molecule has 0 saturated carbocycles. The SMILES string of the molecule is COCCCNC(=S)NCCCn1cc(Br)c(C)n1. The molecule has 19 heavy (non-hydrogen) atoms. The zero-order valence-corrected chi connectivity index (χ0v) is 13.8. The largest absolute Gasteiger partial charge is 0.385 e. The molecule has 1 aromatic heterocycles. The van der Waals surface area contributed by atoms with Gasteiger partial charge in [0.15, 0.2) is 5.11 Å². The molecule has 1 aromatic rings. The van der Waals surface area contributed by atoms with Crippen LogP contribution in [-0.2, 0) is 11.3 Å². The van der Waals surface area contributed by atoms with E-state index in [0.29, 0.717) is 5.11 Å². The third-order valence-electron chi connectivity index (χ3n) is 2.55. The lowest BCUT2D eigenvalue weighted by Gasteiger charge is -2.10. The summed E-state index contributed by atoms with van der Waals surface area (Å²) in [7, 11) is 1.70. The van der Waals surface area contributed by atoms with E-state index >= 15 is 0 Å². The van der Waals surface area contributed by atoms with E-state index in [1.807, 2.05) is 17.8 Å². The van der Waals surface area contributed by atoms with Crippen molar-refractivity contribution in [2.45, 2.75) is 26.3 Å². The maximum atomic E-state index is 5.17. The van der Waals surface area contributed by atoms with Gasteiger partial charge in [0.2, 0.25) is 0 Å². The van der Waals surface area contributed by atoms with Gasteiger partial charge in [-0.2, -0.15) is 5.10 Å². The maximum Gasteiger partial charge on any atom is 0.166 e. The third-order valence-corrected chi connectivity index (χ3v) is 3.61. The van der Waals surface area contributed by atoms with Crippen molar-refractivity contribution in [1.82, 2.24) is 20.4 Å². The van der Waals surface area contributed by atoms with Crippen molar-refractivity contribution in [2.24, 2.45) is 0 Å². The van der Waals surface area contributed by atoms with E-state index in [1.165, 1.54) is 0 Å². The van der Waals surface area contributed by atoms with Gasteiger partial charge in [0.25, 0.3) is 0 Å². The predicted molar refractivity (Wildman–Crippen MR) is 84.4 cm³/mol. The number of hydrogen-bond acceptors (Lipinski definition) is 3. The lowest BCUT2D eigenvalue weighted by molar-refractivity contribution is 0.195. The van der Waals surface area contributed by atoms with Crippen LogP contribution in [0.3, 0.4) is 0 Å². The second kappa shape index (κ2) is 9.28. The fraction of sp³-hybridized carbons (Fsp3) is 0.667. The van der Waals surface area contributed by atoms with Crippen LogP contribution in [0.1, 0.15) is 18.5 Å². The molecule has 0 aliphatic carbocycles. The van der Waals surface area contributed by atoms with Gasteiger partial charge in [-0.1, -0.05) is 0 Å². The summed E-state index contributed by atoms with van der Waals surface area (Å²) in [6.45, 7) is 5.30. The topological polar surface area (TPSA) is 51.1 Å². The molecule has 0 aromatic carbocycles. The summed E-state index contributed by atoms with van der Waals surface area (Å²) in [5.41, 5.74) is 1.02. The van der Waals surface area contributed by atoms with Crippen LogP contribution in [0.4, 0.5) is 0 Å². The molecule has 0 aliphatic heterocycles. The van der Waals surface area contributed by atoms with E-state index in [0.717, 1.165) is 49.2 Å². The standard InChI is InChI=1S/C12H21BrN4OS/c1-10-11(13)9-17(16-10)7-3-5-14-12(19)15-6-4-8-18-2/h9H,3-8H2,1-2H3,(H2,14,15,19). The summed E-state index contributed by atoms with van der Waals surface area (Å²) >= 11 is 8.62. The number of thiocarbonyl (C=S) groups is 1. The zero-order chi connectivity index (χ0) is 14.1. The van der Waals surface area contributed by atoms with Crippen LogP contribution < -0.4 is 10.6 Å².